The second-order valence-corrected chi connectivity index (χ2v) is 8.42. The van der Waals surface area contributed by atoms with Gasteiger partial charge >= 0.3 is 0 Å². The summed E-state index contributed by atoms with van der Waals surface area (Å²) in [5, 5.41) is 0. The van der Waals surface area contributed by atoms with Gasteiger partial charge in [-0.2, -0.15) is 0 Å². The number of aryl methyl sites for hydroxylation is 3. The highest BCUT2D eigenvalue weighted by Crippen LogP contribution is 2.29. The van der Waals surface area contributed by atoms with Gasteiger partial charge in [-0.15, -0.1) is 0 Å². The number of aromatic nitrogens is 3. The van der Waals surface area contributed by atoms with Crippen molar-refractivity contribution in [2.24, 2.45) is 0 Å². The van der Waals surface area contributed by atoms with E-state index in [1.807, 2.05) is 25.3 Å². The van der Waals surface area contributed by atoms with Gasteiger partial charge in [-0.1, -0.05) is 0 Å². The Hall–Kier alpha value is -2.39. The first-order valence-electron chi connectivity index (χ1n) is 9.23. The number of imidazole rings is 1. The van der Waals surface area contributed by atoms with E-state index in [1.165, 1.54) is 6.07 Å². The molecule has 2 atom stereocenters. The molecule has 29 heavy (non-hydrogen) atoms. The van der Waals surface area contributed by atoms with Crippen LogP contribution in [-0.4, -0.2) is 31.6 Å². The van der Waals surface area contributed by atoms with Crippen LogP contribution in [0, 0.1) is 25.5 Å². The number of hydrogen-bond donors (Lipinski definition) is 1. The maximum absolute atomic E-state index is 13.9. The van der Waals surface area contributed by atoms with Crippen molar-refractivity contribution in [2.45, 2.75) is 44.7 Å². The highest BCUT2D eigenvalue weighted by atomic mass is 32.2. The first-order chi connectivity index (χ1) is 13.7. The molecular formula is C20H24F2N4O2S. The first-order valence-corrected chi connectivity index (χ1v) is 10.6. The van der Waals surface area contributed by atoms with Crippen molar-refractivity contribution in [3.05, 3.63) is 46.9 Å². The number of hydrogen-bond acceptors (Lipinski definition) is 5. The van der Waals surface area contributed by atoms with Crippen LogP contribution in [0.4, 0.5) is 14.6 Å². The highest BCUT2D eigenvalue weighted by molar-refractivity contribution is 7.85. The Kier molecular flexibility index (Phi) is 6.28. The molecule has 3 aromatic rings. The molecular weight excluding hydrogens is 398 g/mol. The fourth-order valence-corrected chi connectivity index (χ4v) is 4.39. The predicted octanol–water partition coefficient (Wildman–Crippen LogP) is 3.81. The summed E-state index contributed by atoms with van der Waals surface area (Å²) in [5.74, 6) is -0.215. The average Bonchev–Trinajstić information content (AvgIpc) is 3.05. The lowest BCUT2D eigenvalue weighted by atomic mass is 10.2. The molecule has 0 saturated heterocycles. The van der Waals surface area contributed by atoms with E-state index in [1.54, 1.807) is 7.11 Å². The largest absolute Gasteiger partial charge is 0.382 e. The summed E-state index contributed by atoms with van der Waals surface area (Å²) in [5.41, 5.74) is 9.33. The number of anilines is 1. The number of ether oxygens (including phenoxy) is 1. The molecule has 3 rings (SSSR count). The number of methoxy groups -OCH3 is 1. The Morgan fingerprint density at radius 3 is 2.66 bits per heavy atom. The van der Waals surface area contributed by atoms with Crippen molar-refractivity contribution >= 4 is 27.7 Å². The zero-order valence-corrected chi connectivity index (χ0v) is 17.6. The average molecular weight is 423 g/mol. The van der Waals surface area contributed by atoms with Crippen molar-refractivity contribution in [3.8, 4) is 0 Å². The Morgan fingerprint density at radius 2 is 2.00 bits per heavy atom. The van der Waals surface area contributed by atoms with Crippen molar-refractivity contribution in [3.63, 3.8) is 0 Å². The molecule has 1 aromatic carbocycles. The van der Waals surface area contributed by atoms with Crippen LogP contribution in [-0.2, 0) is 22.1 Å². The molecule has 0 bridgehead atoms. The fourth-order valence-electron chi connectivity index (χ4n) is 3.28. The van der Waals surface area contributed by atoms with E-state index in [-0.39, 0.29) is 16.8 Å². The maximum atomic E-state index is 13.9. The van der Waals surface area contributed by atoms with Crippen molar-refractivity contribution in [2.75, 3.05) is 18.6 Å². The van der Waals surface area contributed by atoms with Gasteiger partial charge in [0.05, 0.1) is 21.2 Å². The van der Waals surface area contributed by atoms with Gasteiger partial charge in [0.1, 0.15) is 29.1 Å². The minimum absolute atomic E-state index is 0.00726. The molecule has 156 valence electrons. The maximum Gasteiger partial charge on any atom is 0.151 e. The highest BCUT2D eigenvalue weighted by Gasteiger charge is 2.21. The van der Waals surface area contributed by atoms with Gasteiger partial charge in [-0.25, -0.2) is 18.7 Å². The second-order valence-electron chi connectivity index (χ2n) is 6.88. The zero-order chi connectivity index (χ0) is 21.3. The molecule has 0 aliphatic rings. The van der Waals surface area contributed by atoms with E-state index in [4.69, 9.17) is 10.5 Å². The number of fused-ring (bicyclic) bond motifs is 1. The van der Waals surface area contributed by atoms with E-state index in [0.29, 0.717) is 30.1 Å². The number of rotatable bonds is 7. The van der Waals surface area contributed by atoms with Crippen LogP contribution < -0.4 is 5.73 Å². The number of nitrogens with two attached hydrogens (primary N) is 1. The monoisotopic (exact) mass is 422 g/mol. The zero-order valence-electron chi connectivity index (χ0n) is 16.8. The molecule has 2 unspecified atom stereocenters. The third kappa shape index (κ3) is 4.16. The Labute approximate surface area is 170 Å². The summed E-state index contributed by atoms with van der Waals surface area (Å²) in [6, 6.07) is 3.09. The topological polar surface area (TPSA) is 83.0 Å². The van der Waals surface area contributed by atoms with Gasteiger partial charge in [0.2, 0.25) is 0 Å². The molecule has 9 heteroatoms. The van der Waals surface area contributed by atoms with Gasteiger partial charge in [0.15, 0.2) is 5.82 Å². The number of pyridine rings is 1. The Bertz CT molecular complexity index is 1080. The summed E-state index contributed by atoms with van der Waals surface area (Å²) in [7, 11) is 0.0222. The minimum atomic E-state index is -1.58. The normalized spacial score (nSPS) is 13.7. The fraction of sp³-hybridized carbons (Fsp3) is 0.400. The number of halogens is 2. The molecule has 6 nitrogen and oxygen atoms in total. The van der Waals surface area contributed by atoms with Gasteiger partial charge in [0, 0.05) is 31.2 Å². The summed E-state index contributed by atoms with van der Waals surface area (Å²) in [6.07, 6.45) is 0.223. The lowest BCUT2D eigenvalue weighted by molar-refractivity contribution is 0.109. The van der Waals surface area contributed by atoms with Crippen LogP contribution in [0.2, 0.25) is 0 Å². The lowest BCUT2D eigenvalue weighted by Gasteiger charge is -2.15. The number of nitrogens with zero attached hydrogens (tertiary/aromatic N) is 3. The lowest BCUT2D eigenvalue weighted by Crippen LogP contribution is -2.12. The van der Waals surface area contributed by atoms with Crippen LogP contribution in [0.1, 0.15) is 36.5 Å². The Morgan fingerprint density at radius 1 is 1.28 bits per heavy atom. The van der Waals surface area contributed by atoms with Crippen molar-refractivity contribution in [1.29, 1.82) is 0 Å². The first kappa shape index (κ1) is 21.3. The van der Waals surface area contributed by atoms with Gasteiger partial charge in [-0.3, -0.25) is 4.21 Å². The molecule has 0 amide bonds. The van der Waals surface area contributed by atoms with Gasteiger partial charge < -0.3 is 15.0 Å². The summed E-state index contributed by atoms with van der Waals surface area (Å²) in [4.78, 5) is 8.99. The molecule has 0 aliphatic carbocycles. The van der Waals surface area contributed by atoms with Crippen LogP contribution in [0.5, 0.6) is 0 Å². The van der Waals surface area contributed by atoms with E-state index >= 15 is 0 Å². The van der Waals surface area contributed by atoms with Crippen LogP contribution in [0.15, 0.2) is 23.1 Å². The quantitative estimate of drug-likeness (QED) is 0.626. The van der Waals surface area contributed by atoms with Crippen molar-refractivity contribution < 1.29 is 17.7 Å². The predicted molar refractivity (Wildman–Crippen MR) is 109 cm³/mol. The van der Waals surface area contributed by atoms with E-state index < -0.39 is 22.4 Å². The SMILES string of the molecule is COC(C)c1nc2c(N)nc(C)c(C)c2n1CCCS(=O)c1ccc(F)cc1F. The molecule has 0 aliphatic heterocycles. The van der Waals surface area contributed by atoms with E-state index in [9.17, 15) is 13.0 Å². The van der Waals surface area contributed by atoms with Gasteiger partial charge in [-0.05, 0) is 44.9 Å². The summed E-state index contributed by atoms with van der Waals surface area (Å²) < 4.78 is 46.9. The van der Waals surface area contributed by atoms with E-state index in [2.05, 4.69) is 9.97 Å². The second kappa shape index (κ2) is 8.54. The van der Waals surface area contributed by atoms with Gasteiger partial charge in [0.25, 0.3) is 0 Å². The molecule has 2 heterocycles. The number of benzene rings is 1. The third-order valence-electron chi connectivity index (χ3n) is 4.99. The standard InChI is InChI=1S/C20H24F2N4O2S/c1-11-12(2)24-19(23)17-18(11)26(20(25-17)13(3)28-4)8-5-9-29(27)16-7-6-14(21)10-15(16)22/h6-7,10,13H,5,8-9H2,1-4H3,(H2,23,24). The molecule has 0 radical (unpaired) electrons. The molecule has 0 spiro atoms. The summed E-state index contributed by atoms with van der Waals surface area (Å²) >= 11 is 0. The molecule has 0 saturated carbocycles. The van der Waals surface area contributed by atoms with Crippen LogP contribution in [0.3, 0.4) is 0 Å². The summed E-state index contributed by atoms with van der Waals surface area (Å²) in [6.45, 7) is 6.22. The number of nitrogen functional groups attached to an aromatic ring is 1. The van der Waals surface area contributed by atoms with Crippen molar-refractivity contribution in [1.82, 2.24) is 14.5 Å². The molecule has 2 N–H and O–H groups in total. The van der Waals surface area contributed by atoms with Crippen LogP contribution in [0.25, 0.3) is 11.0 Å². The molecule has 2 aromatic heterocycles. The molecule has 0 fully saturated rings. The minimum Gasteiger partial charge on any atom is -0.382 e. The smallest absolute Gasteiger partial charge is 0.151 e. The van der Waals surface area contributed by atoms with Crippen LogP contribution >= 0.6 is 0 Å². The Balaban J connectivity index is 1.90. The van der Waals surface area contributed by atoms with E-state index in [0.717, 1.165) is 28.9 Å². The third-order valence-corrected chi connectivity index (χ3v) is 6.47.